The highest BCUT2D eigenvalue weighted by Gasteiger charge is 2.14. The lowest BCUT2D eigenvalue weighted by Crippen LogP contribution is -2.15. The predicted molar refractivity (Wildman–Crippen MR) is 74.8 cm³/mol. The van der Waals surface area contributed by atoms with Crippen molar-refractivity contribution < 1.29 is 4.39 Å². The lowest BCUT2D eigenvalue weighted by molar-refractivity contribution is 0.578. The number of benzene rings is 1. The molecule has 0 aliphatic carbocycles. The van der Waals surface area contributed by atoms with Crippen LogP contribution in [0.4, 0.5) is 4.39 Å². The topological polar surface area (TPSA) is 43.3 Å². The number of nitrogens with zero attached hydrogens (tertiary/aromatic N) is 2. The fraction of sp³-hybridized carbons (Fsp3) is 0.214. The van der Waals surface area contributed by atoms with Gasteiger partial charge in [-0.15, -0.1) is 11.3 Å². The van der Waals surface area contributed by atoms with E-state index in [1.54, 1.807) is 23.5 Å². The van der Waals surface area contributed by atoms with Crippen molar-refractivity contribution >= 4 is 16.3 Å². The van der Waals surface area contributed by atoms with Gasteiger partial charge in [0.1, 0.15) is 5.82 Å². The number of halogens is 1. The van der Waals surface area contributed by atoms with Crippen molar-refractivity contribution in [3.8, 4) is 0 Å². The summed E-state index contributed by atoms with van der Waals surface area (Å²) in [5.74, 6) is -0.251. The summed E-state index contributed by atoms with van der Waals surface area (Å²) in [5.41, 5.74) is 8.55. The maximum atomic E-state index is 13.8. The summed E-state index contributed by atoms with van der Waals surface area (Å²) in [4.78, 5) is 5.41. The zero-order chi connectivity index (χ0) is 13.4. The fourth-order valence-electron chi connectivity index (χ4n) is 2.16. The number of aryl methyl sites for hydroxylation is 1. The molecule has 3 nitrogen and oxygen atoms in total. The molecule has 3 aromatic rings. The van der Waals surface area contributed by atoms with Gasteiger partial charge in [0.25, 0.3) is 0 Å². The van der Waals surface area contributed by atoms with E-state index >= 15 is 0 Å². The van der Waals surface area contributed by atoms with Crippen molar-refractivity contribution in [2.24, 2.45) is 5.73 Å². The molecule has 0 aliphatic heterocycles. The number of nitrogens with two attached hydrogens (primary N) is 1. The summed E-state index contributed by atoms with van der Waals surface area (Å²) in [6, 6.07) is 4.65. The zero-order valence-corrected chi connectivity index (χ0v) is 11.3. The quantitative estimate of drug-likeness (QED) is 0.798. The van der Waals surface area contributed by atoms with E-state index in [0.29, 0.717) is 12.0 Å². The van der Waals surface area contributed by atoms with Gasteiger partial charge in [-0.1, -0.05) is 17.7 Å². The Labute approximate surface area is 114 Å². The Morgan fingerprint density at radius 1 is 1.47 bits per heavy atom. The van der Waals surface area contributed by atoms with E-state index in [1.165, 1.54) is 6.07 Å². The van der Waals surface area contributed by atoms with Crippen LogP contribution < -0.4 is 5.73 Å². The minimum Gasteiger partial charge on any atom is -0.324 e. The van der Waals surface area contributed by atoms with E-state index in [0.717, 1.165) is 16.2 Å². The Kier molecular flexibility index (Phi) is 3.08. The lowest BCUT2D eigenvalue weighted by Gasteiger charge is -2.12. The SMILES string of the molecule is Cc1ccc(F)c(C(N)Cc2cn3ccsc3n2)c1. The third-order valence-electron chi connectivity index (χ3n) is 3.12. The number of hydrogen-bond acceptors (Lipinski definition) is 3. The van der Waals surface area contributed by atoms with Crippen LogP contribution in [0.15, 0.2) is 36.0 Å². The molecule has 2 aromatic heterocycles. The fourth-order valence-corrected chi connectivity index (χ4v) is 2.88. The van der Waals surface area contributed by atoms with Gasteiger partial charge in [0.2, 0.25) is 0 Å². The first-order valence-corrected chi connectivity index (χ1v) is 6.94. The predicted octanol–water partition coefficient (Wildman–Crippen LogP) is 3.09. The number of imidazole rings is 1. The zero-order valence-electron chi connectivity index (χ0n) is 10.5. The van der Waals surface area contributed by atoms with Gasteiger partial charge in [-0.3, -0.25) is 4.40 Å². The number of fused-ring (bicyclic) bond motifs is 1. The number of thiazole rings is 1. The second kappa shape index (κ2) is 4.75. The van der Waals surface area contributed by atoms with Crippen LogP contribution in [0.25, 0.3) is 4.96 Å². The van der Waals surface area contributed by atoms with E-state index in [-0.39, 0.29) is 11.9 Å². The first kappa shape index (κ1) is 12.3. The molecule has 2 N–H and O–H groups in total. The van der Waals surface area contributed by atoms with Crippen LogP contribution in [0.1, 0.15) is 22.9 Å². The van der Waals surface area contributed by atoms with Gasteiger partial charge in [0.05, 0.1) is 5.69 Å². The average Bonchev–Trinajstić information content (AvgIpc) is 2.92. The normalized spacial score (nSPS) is 13.0. The van der Waals surface area contributed by atoms with Crippen LogP contribution in [-0.4, -0.2) is 9.38 Å². The average molecular weight is 275 g/mol. The highest BCUT2D eigenvalue weighted by Crippen LogP contribution is 2.21. The molecule has 5 heteroatoms. The third-order valence-corrected chi connectivity index (χ3v) is 3.89. The maximum absolute atomic E-state index is 13.8. The van der Waals surface area contributed by atoms with Crippen molar-refractivity contribution in [3.05, 3.63) is 58.6 Å². The van der Waals surface area contributed by atoms with Gasteiger partial charge in [0, 0.05) is 35.8 Å². The van der Waals surface area contributed by atoms with Crippen molar-refractivity contribution in [2.75, 3.05) is 0 Å². The molecular formula is C14H14FN3S. The molecule has 0 amide bonds. The van der Waals surface area contributed by atoms with E-state index in [9.17, 15) is 4.39 Å². The highest BCUT2D eigenvalue weighted by atomic mass is 32.1. The Hall–Kier alpha value is -1.72. The smallest absolute Gasteiger partial charge is 0.193 e. The van der Waals surface area contributed by atoms with Crippen LogP contribution in [0.5, 0.6) is 0 Å². The summed E-state index contributed by atoms with van der Waals surface area (Å²) in [6.45, 7) is 1.93. The van der Waals surface area contributed by atoms with Crippen LogP contribution in [0.3, 0.4) is 0 Å². The Morgan fingerprint density at radius 2 is 2.32 bits per heavy atom. The van der Waals surface area contributed by atoms with E-state index in [4.69, 9.17) is 5.73 Å². The molecule has 1 aromatic carbocycles. The molecule has 3 rings (SSSR count). The molecule has 0 saturated heterocycles. The minimum atomic E-state index is -0.371. The molecule has 2 heterocycles. The molecule has 0 spiro atoms. The second-order valence-electron chi connectivity index (χ2n) is 4.66. The van der Waals surface area contributed by atoms with Gasteiger partial charge < -0.3 is 5.73 Å². The van der Waals surface area contributed by atoms with Crippen molar-refractivity contribution in [2.45, 2.75) is 19.4 Å². The first-order chi connectivity index (χ1) is 9.13. The molecule has 98 valence electrons. The summed E-state index contributed by atoms with van der Waals surface area (Å²) in [6.07, 6.45) is 4.43. The van der Waals surface area contributed by atoms with Crippen LogP contribution >= 0.6 is 11.3 Å². The van der Waals surface area contributed by atoms with Gasteiger partial charge >= 0.3 is 0 Å². The molecule has 0 saturated carbocycles. The summed E-state index contributed by atoms with van der Waals surface area (Å²) in [7, 11) is 0. The Morgan fingerprint density at radius 3 is 3.11 bits per heavy atom. The van der Waals surface area contributed by atoms with E-state index in [2.05, 4.69) is 4.98 Å². The third kappa shape index (κ3) is 2.39. The van der Waals surface area contributed by atoms with E-state index < -0.39 is 0 Å². The molecule has 0 radical (unpaired) electrons. The largest absolute Gasteiger partial charge is 0.324 e. The molecule has 0 fully saturated rings. The Balaban J connectivity index is 1.86. The molecule has 0 bridgehead atoms. The van der Waals surface area contributed by atoms with Crippen LogP contribution in [0.2, 0.25) is 0 Å². The number of hydrogen-bond donors (Lipinski definition) is 1. The summed E-state index contributed by atoms with van der Waals surface area (Å²) >= 11 is 1.57. The minimum absolute atomic E-state index is 0.251. The van der Waals surface area contributed by atoms with E-state index in [1.807, 2.05) is 29.1 Å². The molecular weight excluding hydrogens is 261 g/mol. The van der Waals surface area contributed by atoms with Crippen molar-refractivity contribution in [1.82, 2.24) is 9.38 Å². The summed E-state index contributed by atoms with van der Waals surface area (Å²) in [5, 5.41) is 1.98. The van der Waals surface area contributed by atoms with Gasteiger partial charge in [-0.2, -0.15) is 0 Å². The van der Waals surface area contributed by atoms with Crippen LogP contribution in [-0.2, 0) is 6.42 Å². The van der Waals surface area contributed by atoms with Crippen molar-refractivity contribution in [1.29, 1.82) is 0 Å². The standard InChI is InChI=1S/C14H14FN3S/c1-9-2-3-12(15)11(6-9)13(16)7-10-8-18-4-5-19-14(18)17-10/h2-6,8,13H,7,16H2,1H3. The second-order valence-corrected chi connectivity index (χ2v) is 5.53. The van der Waals surface area contributed by atoms with Gasteiger partial charge in [0.15, 0.2) is 4.96 Å². The molecule has 1 atom stereocenters. The lowest BCUT2D eigenvalue weighted by atomic mass is 10.0. The monoisotopic (exact) mass is 275 g/mol. The molecule has 19 heavy (non-hydrogen) atoms. The Bertz CT molecular complexity index is 688. The first-order valence-electron chi connectivity index (χ1n) is 6.06. The van der Waals surface area contributed by atoms with Gasteiger partial charge in [-0.25, -0.2) is 9.37 Å². The number of rotatable bonds is 3. The molecule has 1 unspecified atom stereocenters. The maximum Gasteiger partial charge on any atom is 0.193 e. The van der Waals surface area contributed by atoms with Crippen LogP contribution in [0, 0.1) is 12.7 Å². The summed E-state index contributed by atoms with van der Waals surface area (Å²) < 4.78 is 15.7. The number of aromatic nitrogens is 2. The van der Waals surface area contributed by atoms with Crippen molar-refractivity contribution in [3.63, 3.8) is 0 Å². The molecule has 0 aliphatic rings. The van der Waals surface area contributed by atoms with Gasteiger partial charge in [-0.05, 0) is 13.0 Å². The highest BCUT2D eigenvalue weighted by molar-refractivity contribution is 7.15.